The number of hydrogen-bond donors (Lipinski definition) is 0. The second kappa shape index (κ2) is 5.46. The molecule has 0 bridgehead atoms. The average Bonchev–Trinajstić information content (AvgIpc) is 2.28. The largest absolute Gasteiger partial charge is 0.465 e. The Kier molecular flexibility index (Phi) is 4.43. The minimum Gasteiger partial charge on any atom is -0.465 e. The summed E-state index contributed by atoms with van der Waals surface area (Å²) in [5, 5.41) is 0. The Morgan fingerprint density at radius 3 is 2.22 bits per heavy atom. The lowest BCUT2D eigenvalue weighted by molar-refractivity contribution is -0.151. The third-order valence-corrected chi connectivity index (χ3v) is 3.34. The molecule has 0 saturated carbocycles. The molecule has 1 atom stereocenters. The first-order valence-corrected chi connectivity index (χ1v) is 5.97. The topological polar surface area (TPSA) is 26.3 Å². The van der Waals surface area contributed by atoms with Crippen molar-refractivity contribution in [2.45, 2.75) is 33.1 Å². The Bertz CT molecular complexity index is 423. The summed E-state index contributed by atoms with van der Waals surface area (Å²) in [5.41, 5.74) is -1.55. The minimum absolute atomic E-state index is 0.178. The summed E-state index contributed by atoms with van der Waals surface area (Å²) < 4.78 is 32.7. The summed E-state index contributed by atoms with van der Waals surface area (Å²) in [6, 6.07) is 3.58. The first-order chi connectivity index (χ1) is 8.35. The van der Waals surface area contributed by atoms with Crippen LogP contribution in [0.2, 0.25) is 0 Å². The van der Waals surface area contributed by atoms with E-state index < -0.39 is 23.0 Å². The quantitative estimate of drug-likeness (QED) is 0.771. The number of halogens is 2. The van der Waals surface area contributed by atoms with Gasteiger partial charge in [-0.2, -0.15) is 0 Å². The SMILES string of the molecule is CCOC(=O)C(C)(c1c(F)cccc1F)C(C)C. The first kappa shape index (κ1) is 14.6. The Morgan fingerprint density at radius 1 is 1.33 bits per heavy atom. The number of rotatable bonds is 4. The van der Waals surface area contributed by atoms with Gasteiger partial charge in [-0.05, 0) is 31.9 Å². The molecule has 0 heterocycles. The van der Waals surface area contributed by atoms with Crippen LogP contribution in [0.15, 0.2) is 18.2 Å². The van der Waals surface area contributed by atoms with Crippen LogP contribution >= 0.6 is 0 Å². The van der Waals surface area contributed by atoms with Crippen LogP contribution in [0.25, 0.3) is 0 Å². The molecule has 4 heteroatoms. The Balaban J connectivity index is 3.41. The van der Waals surface area contributed by atoms with Gasteiger partial charge >= 0.3 is 5.97 Å². The van der Waals surface area contributed by atoms with E-state index in [1.54, 1.807) is 20.8 Å². The van der Waals surface area contributed by atoms with Crippen LogP contribution < -0.4 is 0 Å². The van der Waals surface area contributed by atoms with E-state index >= 15 is 0 Å². The molecule has 1 aromatic rings. The molecule has 0 aliphatic carbocycles. The Labute approximate surface area is 106 Å². The van der Waals surface area contributed by atoms with Gasteiger partial charge < -0.3 is 4.74 Å². The lowest BCUT2D eigenvalue weighted by Crippen LogP contribution is -2.41. The van der Waals surface area contributed by atoms with Crippen molar-refractivity contribution in [3.05, 3.63) is 35.4 Å². The van der Waals surface area contributed by atoms with Crippen molar-refractivity contribution in [2.24, 2.45) is 5.92 Å². The highest BCUT2D eigenvalue weighted by Crippen LogP contribution is 2.36. The van der Waals surface area contributed by atoms with E-state index in [0.29, 0.717) is 0 Å². The van der Waals surface area contributed by atoms with Crippen molar-refractivity contribution in [1.82, 2.24) is 0 Å². The molecule has 0 saturated heterocycles. The third-order valence-electron chi connectivity index (χ3n) is 3.34. The zero-order chi connectivity index (χ0) is 13.9. The molecule has 1 aromatic carbocycles. The van der Waals surface area contributed by atoms with Crippen molar-refractivity contribution >= 4 is 5.97 Å². The number of hydrogen-bond acceptors (Lipinski definition) is 2. The van der Waals surface area contributed by atoms with Gasteiger partial charge in [0, 0.05) is 5.56 Å². The molecule has 1 rings (SSSR count). The first-order valence-electron chi connectivity index (χ1n) is 5.97. The molecule has 2 nitrogen and oxygen atoms in total. The summed E-state index contributed by atoms with van der Waals surface area (Å²) in [6.45, 7) is 6.83. The third kappa shape index (κ3) is 2.37. The smallest absolute Gasteiger partial charge is 0.316 e. The molecule has 0 N–H and O–H groups in total. The summed E-state index contributed by atoms with van der Waals surface area (Å²) in [7, 11) is 0. The Morgan fingerprint density at radius 2 is 1.83 bits per heavy atom. The van der Waals surface area contributed by atoms with Crippen molar-refractivity contribution in [2.75, 3.05) is 6.61 Å². The summed E-state index contributed by atoms with van der Waals surface area (Å²) in [6.07, 6.45) is 0. The zero-order valence-electron chi connectivity index (χ0n) is 11.1. The van der Waals surface area contributed by atoms with Gasteiger partial charge in [0.15, 0.2) is 0 Å². The molecule has 0 fully saturated rings. The number of ether oxygens (including phenoxy) is 1. The second-order valence-corrected chi connectivity index (χ2v) is 4.67. The van der Waals surface area contributed by atoms with E-state index in [2.05, 4.69) is 0 Å². The van der Waals surface area contributed by atoms with E-state index in [-0.39, 0.29) is 18.1 Å². The van der Waals surface area contributed by atoms with Crippen molar-refractivity contribution in [3.8, 4) is 0 Å². The molecule has 0 radical (unpaired) electrons. The number of carbonyl (C=O) groups excluding carboxylic acids is 1. The maximum atomic E-state index is 13.9. The van der Waals surface area contributed by atoms with Gasteiger partial charge in [0.05, 0.1) is 12.0 Å². The predicted octanol–water partition coefficient (Wildman–Crippen LogP) is 3.44. The maximum Gasteiger partial charge on any atom is 0.316 e. The van der Waals surface area contributed by atoms with Gasteiger partial charge in [-0.25, -0.2) is 8.78 Å². The van der Waals surface area contributed by atoms with Gasteiger partial charge in [-0.15, -0.1) is 0 Å². The highest BCUT2D eigenvalue weighted by atomic mass is 19.1. The van der Waals surface area contributed by atoms with Crippen LogP contribution in [-0.4, -0.2) is 12.6 Å². The fourth-order valence-electron chi connectivity index (χ4n) is 1.90. The van der Waals surface area contributed by atoms with Crippen LogP contribution in [0, 0.1) is 17.6 Å². The summed E-state index contributed by atoms with van der Waals surface area (Å²) in [4.78, 5) is 12.1. The molecule has 0 aliphatic heterocycles. The van der Waals surface area contributed by atoms with Gasteiger partial charge in [-0.1, -0.05) is 19.9 Å². The molecular weight excluding hydrogens is 238 g/mol. The molecule has 0 spiro atoms. The van der Waals surface area contributed by atoms with Gasteiger partial charge in [0.2, 0.25) is 0 Å². The van der Waals surface area contributed by atoms with E-state index in [4.69, 9.17) is 4.74 Å². The van der Waals surface area contributed by atoms with Crippen LogP contribution in [0.1, 0.15) is 33.3 Å². The minimum atomic E-state index is -1.33. The molecule has 1 unspecified atom stereocenters. The van der Waals surface area contributed by atoms with Crippen LogP contribution in [0.4, 0.5) is 8.78 Å². The number of benzene rings is 1. The summed E-state index contributed by atoms with van der Waals surface area (Å²) in [5.74, 6) is -2.34. The number of esters is 1. The predicted molar refractivity (Wildman–Crippen MR) is 65.2 cm³/mol. The summed E-state index contributed by atoms with van der Waals surface area (Å²) >= 11 is 0. The second-order valence-electron chi connectivity index (χ2n) is 4.67. The zero-order valence-corrected chi connectivity index (χ0v) is 11.1. The monoisotopic (exact) mass is 256 g/mol. The van der Waals surface area contributed by atoms with Gasteiger partial charge in [0.1, 0.15) is 11.6 Å². The normalized spacial score (nSPS) is 14.4. The van der Waals surface area contributed by atoms with E-state index in [1.165, 1.54) is 13.0 Å². The van der Waals surface area contributed by atoms with Crippen molar-refractivity contribution in [1.29, 1.82) is 0 Å². The molecule has 0 aromatic heterocycles. The lowest BCUT2D eigenvalue weighted by atomic mass is 9.73. The van der Waals surface area contributed by atoms with Crippen molar-refractivity contribution < 1.29 is 18.3 Å². The fraction of sp³-hybridized carbons (Fsp3) is 0.500. The molecular formula is C14H18F2O2. The van der Waals surface area contributed by atoms with Crippen LogP contribution in [-0.2, 0) is 14.9 Å². The molecule has 100 valence electrons. The van der Waals surface area contributed by atoms with Crippen LogP contribution in [0.3, 0.4) is 0 Å². The highest BCUT2D eigenvalue weighted by Gasteiger charge is 2.43. The van der Waals surface area contributed by atoms with Gasteiger partial charge in [-0.3, -0.25) is 4.79 Å². The maximum absolute atomic E-state index is 13.9. The average molecular weight is 256 g/mol. The molecule has 18 heavy (non-hydrogen) atoms. The van der Waals surface area contributed by atoms with E-state index in [9.17, 15) is 13.6 Å². The highest BCUT2D eigenvalue weighted by molar-refractivity contribution is 5.83. The Hall–Kier alpha value is -1.45. The molecule has 0 aliphatic rings. The van der Waals surface area contributed by atoms with E-state index in [0.717, 1.165) is 12.1 Å². The lowest BCUT2D eigenvalue weighted by Gasteiger charge is -2.32. The van der Waals surface area contributed by atoms with E-state index in [1.807, 2.05) is 0 Å². The number of carbonyl (C=O) groups is 1. The van der Waals surface area contributed by atoms with Gasteiger partial charge in [0.25, 0.3) is 0 Å². The fourth-order valence-corrected chi connectivity index (χ4v) is 1.90. The standard InChI is InChI=1S/C14H18F2O2/c1-5-18-13(17)14(4,9(2)3)12-10(15)7-6-8-11(12)16/h6-9H,5H2,1-4H3. The van der Waals surface area contributed by atoms with Crippen LogP contribution in [0.5, 0.6) is 0 Å². The van der Waals surface area contributed by atoms with Crippen molar-refractivity contribution in [3.63, 3.8) is 0 Å². The molecule has 0 amide bonds.